The van der Waals surface area contributed by atoms with Gasteiger partial charge >= 0.3 is 0 Å². The minimum Gasteiger partial charge on any atom is -0.508 e. The molecule has 168 valence electrons. The van der Waals surface area contributed by atoms with Gasteiger partial charge in [0.05, 0.1) is 14.6 Å². The standard InChI is InChI=1S/C22H20Br2N2O5S/c1-11(2)15-10-13(6-7-18(15)27)31-22-16(23)8-12(9-17(22)24)21(28)14-4-3-5-19(20(14)25)32(26,29)30/h3-11,27H,25H2,1-2H3,(H2,26,29,30). The van der Waals surface area contributed by atoms with Crippen LogP contribution < -0.4 is 15.6 Å². The van der Waals surface area contributed by atoms with Crippen LogP contribution in [-0.4, -0.2) is 19.3 Å². The molecule has 0 bridgehead atoms. The summed E-state index contributed by atoms with van der Waals surface area (Å²) in [4.78, 5) is 12.7. The van der Waals surface area contributed by atoms with E-state index in [-0.39, 0.29) is 33.4 Å². The minimum absolute atomic E-state index is 0.0177. The van der Waals surface area contributed by atoms with Gasteiger partial charge in [0.2, 0.25) is 10.0 Å². The van der Waals surface area contributed by atoms with Crippen molar-refractivity contribution in [2.45, 2.75) is 24.7 Å². The maximum absolute atomic E-state index is 13.1. The summed E-state index contributed by atoms with van der Waals surface area (Å²) in [6, 6.07) is 12.1. The number of phenols is 1. The first-order chi connectivity index (χ1) is 14.9. The summed E-state index contributed by atoms with van der Waals surface area (Å²) in [6.07, 6.45) is 0. The molecule has 32 heavy (non-hydrogen) atoms. The highest BCUT2D eigenvalue weighted by molar-refractivity contribution is 9.11. The number of primary sulfonamides is 1. The number of nitrogens with two attached hydrogens (primary N) is 2. The van der Waals surface area contributed by atoms with Crippen molar-refractivity contribution in [1.29, 1.82) is 0 Å². The molecule has 3 aromatic carbocycles. The van der Waals surface area contributed by atoms with Gasteiger partial charge in [0, 0.05) is 16.7 Å². The minimum atomic E-state index is -4.08. The summed E-state index contributed by atoms with van der Waals surface area (Å²) in [5.74, 6) is 0.743. The van der Waals surface area contributed by atoms with Crippen LogP contribution in [0.15, 0.2) is 62.4 Å². The van der Waals surface area contributed by atoms with E-state index in [2.05, 4.69) is 31.9 Å². The van der Waals surface area contributed by atoms with Gasteiger partial charge in [-0.15, -0.1) is 0 Å². The molecular formula is C22H20Br2N2O5S. The first kappa shape index (κ1) is 24.2. The second-order valence-electron chi connectivity index (χ2n) is 7.34. The van der Waals surface area contributed by atoms with E-state index in [1.54, 1.807) is 30.3 Å². The van der Waals surface area contributed by atoms with Crippen LogP contribution >= 0.6 is 31.9 Å². The first-order valence-electron chi connectivity index (χ1n) is 9.36. The van der Waals surface area contributed by atoms with Crippen molar-refractivity contribution < 1.29 is 23.1 Å². The molecule has 0 aliphatic carbocycles. The molecule has 0 spiro atoms. The highest BCUT2D eigenvalue weighted by Crippen LogP contribution is 2.40. The van der Waals surface area contributed by atoms with Crippen molar-refractivity contribution >= 4 is 53.4 Å². The van der Waals surface area contributed by atoms with Crippen molar-refractivity contribution in [3.8, 4) is 17.2 Å². The van der Waals surface area contributed by atoms with Crippen LogP contribution in [0.25, 0.3) is 0 Å². The van der Waals surface area contributed by atoms with Crippen molar-refractivity contribution in [3.05, 3.63) is 74.2 Å². The maximum Gasteiger partial charge on any atom is 0.240 e. The van der Waals surface area contributed by atoms with Gasteiger partial charge in [-0.2, -0.15) is 0 Å². The Labute approximate surface area is 202 Å². The first-order valence-corrected chi connectivity index (χ1v) is 12.5. The summed E-state index contributed by atoms with van der Waals surface area (Å²) in [6.45, 7) is 3.92. The number of hydrogen-bond donors (Lipinski definition) is 3. The maximum atomic E-state index is 13.1. The van der Waals surface area contributed by atoms with Crippen molar-refractivity contribution in [1.82, 2.24) is 0 Å². The summed E-state index contributed by atoms with van der Waals surface area (Å²) >= 11 is 6.84. The molecule has 3 rings (SSSR count). The van der Waals surface area contributed by atoms with Crippen LogP contribution in [0.3, 0.4) is 0 Å². The largest absolute Gasteiger partial charge is 0.508 e. The fraction of sp³-hybridized carbons (Fsp3) is 0.136. The molecule has 0 radical (unpaired) electrons. The zero-order valence-corrected chi connectivity index (χ0v) is 21.1. The molecule has 0 atom stereocenters. The molecule has 3 aromatic rings. The summed E-state index contributed by atoms with van der Waals surface area (Å²) in [5.41, 5.74) is 6.72. The molecular weight excluding hydrogens is 564 g/mol. The van der Waals surface area contributed by atoms with Gasteiger partial charge in [0.15, 0.2) is 11.5 Å². The van der Waals surface area contributed by atoms with Gasteiger partial charge in [-0.1, -0.05) is 19.9 Å². The second kappa shape index (κ2) is 9.22. The topological polar surface area (TPSA) is 133 Å². The third-order valence-electron chi connectivity index (χ3n) is 4.72. The predicted molar refractivity (Wildman–Crippen MR) is 130 cm³/mol. The number of aromatic hydroxyl groups is 1. The van der Waals surface area contributed by atoms with E-state index in [0.29, 0.717) is 20.4 Å². The van der Waals surface area contributed by atoms with Crippen molar-refractivity contribution in [2.75, 3.05) is 5.73 Å². The molecule has 0 fully saturated rings. The Hall–Kier alpha value is -2.40. The Morgan fingerprint density at radius 3 is 2.25 bits per heavy atom. The smallest absolute Gasteiger partial charge is 0.240 e. The Balaban J connectivity index is 1.98. The third-order valence-corrected chi connectivity index (χ3v) is 6.87. The lowest BCUT2D eigenvalue weighted by Gasteiger charge is -2.15. The molecule has 0 aliphatic rings. The highest BCUT2D eigenvalue weighted by Gasteiger charge is 2.22. The monoisotopic (exact) mass is 582 g/mol. The number of nitrogen functional groups attached to an aromatic ring is 1. The number of sulfonamides is 1. The molecule has 0 aliphatic heterocycles. The lowest BCUT2D eigenvalue weighted by molar-refractivity contribution is 0.103. The number of hydrogen-bond acceptors (Lipinski definition) is 6. The summed E-state index contributed by atoms with van der Waals surface area (Å²) in [5, 5.41) is 15.2. The number of halogens is 2. The van der Waals surface area contributed by atoms with Crippen LogP contribution in [0.5, 0.6) is 17.2 Å². The van der Waals surface area contributed by atoms with Crippen LogP contribution in [0.1, 0.15) is 41.3 Å². The zero-order valence-electron chi connectivity index (χ0n) is 17.1. The number of phenolic OH excluding ortho intramolecular Hbond substituents is 1. The van der Waals surface area contributed by atoms with E-state index < -0.39 is 15.8 Å². The van der Waals surface area contributed by atoms with E-state index >= 15 is 0 Å². The lowest BCUT2D eigenvalue weighted by Crippen LogP contribution is -2.16. The quantitative estimate of drug-likeness (QED) is 0.266. The SMILES string of the molecule is CC(C)c1cc(Oc2c(Br)cc(C(=O)c3cccc(S(N)(=O)=O)c3N)cc2Br)ccc1O. The molecule has 7 nitrogen and oxygen atoms in total. The number of benzene rings is 3. The fourth-order valence-corrected chi connectivity index (χ4v) is 5.14. The molecule has 0 heterocycles. The van der Waals surface area contributed by atoms with Crippen molar-refractivity contribution in [2.24, 2.45) is 5.14 Å². The molecule has 0 amide bonds. The van der Waals surface area contributed by atoms with Crippen LogP contribution in [-0.2, 0) is 10.0 Å². The van der Waals surface area contributed by atoms with Crippen molar-refractivity contribution in [3.63, 3.8) is 0 Å². The Bertz CT molecular complexity index is 1300. The summed E-state index contributed by atoms with van der Waals surface area (Å²) in [7, 11) is -4.08. The number of anilines is 1. The van der Waals surface area contributed by atoms with Crippen LogP contribution in [0, 0.1) is 0 Å². The average Bonchev–Trinajstić information content (AvgIpc) is 2.70. The number of ketones is 1. The number of para-hydroxylation sites is 1. The summed E-state index contributed by atoms with van der Waals surface area (Å²) < 4.78 is 30.4. The Morgan fingerprint density at radius 1 is 1.06 bits per heavy atom. The number of ether oxygens (including phenoxy) is 1. The number of carbonyl (C=O) groups is 1. The second-order valence-corrected chi connectivity index (χ2v) is 10.6. The predicted octanol–water partition coefficient (Wildman–Crippen LogP) is 5.29. The molecule has 0 unspecified atom stereocenters. The lowest BCUT2D eigenvalue weighted by atomic mass is 10.0. The highest BCUT2D eigenvalue weighted by atomic mass is 79.9. The fourth-order valence-electron chi connectivity index (χ4n) is 3.11. The third kappa shape index (κ3) is 4.98. The number of rotatable bonds is 6. The van der Waals surface area contributed by atoms with Gasteiger partial charge in [-0.05, 0) is 80.2 Å². The van der Waals surface area contributed by atoms with Crippen LogP contribution in [0.4, 0.5) is 5.69 Å². The van der Waals surface area contributed by atoms with Gasteiger partial charge in [0.25, 0.3) is 0 Å². The van der Waals surface area contributed by atoms with E-state index in [9.17, 15) is 18.3 Å². The van der Waals surface area contributed by atoms with Gasteiger partial charge in [0.1, 0.15) is 16.4 Å². The van der Waals surface area contributed by atoms with Gasteiger partial charge in [-0.3, -0.25) is 4.79 Å². The van der Waals surface area contributed by atoms with E-state index in [1.165, 1.54) is 18.2 Å². The Kier molecular flexibility index (Phi) is 6.99. The van der Waals surface area contributed by atoms with E-state index in [4.69, 9.17) is 15.6 Å². The normalized spacial score (nSPS) is 11.6. The van der Waals surface area contributed by atoms with Gasteiger partial charge in [-0.25, -0.2) is 13.6 Å². The average molecular weight is 584 g/mol. The molecule has 5 N–H and O–H groups in total. The van der Waals surface area contributed by atoms with Crippen LogP contribution in [0.2, 0.25) is 0 Å². The molecule has 0 saturated carbocycles. The van der Waals surface area contributed by atoms with E-state index in [0.717, 1.165) is 5.56 Å². The molecule has 0 saturated heterocycles. The van der Waals surface area contributed by atoms with Gasteiger partial charge < -0.3 is 15.6 Å². The van der Waals surface area contributed by atoms with E-state index in [1.807, 2.05) is 13.8 Å². The molecule has 10 heteroatoms. The molecule has 0 aromatic heterocycles. The Morgan fingerprint density at radius 2 is 1.69 bits per heavy atom. The zero-order chi connectivity index (χ0) is 23.8. The number of carbonyl (C=O) groups excluding carboxylic acids is 1.